The van der Waals surface area contributed by atoms with Gasteiger partial charge >= 0.3 is 0 Å². The fourth-order valence-corrected chi connectivity index (χ4v) is 3.92. The number of piperidine rings is 1. The first-order valence-corrected chi connectivity index (χ1v) is 10.4. The monoisotopic (exact) mass is 395 g/mol. The quantitative estimate of drug-likeness (QED) is 0.721. The van der Waals surface area contributed by atoms with Crippen molar-refractivity contribution >= 4 is 5.91 Å². The zero-order chi connectivity index (χ0) is 20.8. The second-order valence-corrected chi connectivity index (χ2v) is 8.29. The summed E-state index contributed by atoms with van der Waals surface area (Å²) >= 11 is 0. The van der Waals surface area contributed by atoms with Crippen molar-refractivity contribution in [3.63, 3.8) is 0 Å². The first kappa shape index (κ1) is 21.4. The molecule has 0 spiro atoms. The minimum absolute atomic E-state index is 0.223. The fourth-order valence-electron chi connectivity index (χ4n) is 3.92. The smallest absolute Gasteiger partial charge is 0.236 e. The molecule has 3 rings (SSSR count). The van der Waals surface area contributed by atoms with Gasteiger partial charge in [-0.2, -0.15) is 0 Å². The van der Waals surface area contributed by atoms with Crippen LogP contribution >= 0.6 is 0 Å². The first-order chi connectivity index (χ1) is 13.9. The van der Waals surface area contributed by atoms with Gasteiger partial charge in [0, 0.05) is 44.6 Å². The molecule has 3 heterocycles. The number of aromatic nitrogens is 2. The fraction of sp³-hybridized carbons (Fsp3) is 0.522. The first-order valence-electron chi connectivity index (χ1n) is 10.4. The van der Waals surface area contributed by atoms with Crippen molar-refractivity contribution in [3.8, 4) is 0 Å². The number of carbonyl (C=O) groups excluding carboxylic acids is 1. The van der Waals surface area contributed by atoms with E-state index in [1.807, 2.05) is 48.4 Å². The summed E-state index contributed by atoms with van der Waals surface area (Å²) in [5.74, 6) is 0.223. The van der Waals surface area contributed by atoms with Gasteiger partial charge in [0.05, 0.1) is 17.9 Å². The number of likely N-dealkylation sites (tertiary alicyclic amines) is 1. The molecule has 0 radical (unpaired) electrons. The van der Waals surface area contributed by atoms with Crippen LogP contribution in [0.4, 0.5) is 0 Å². The van der Waals surface area contributed by atoms with E-state index >= 15 is 0 Å². The van der Waals surface area contributed by atoms with Crippen LogP contribution in [0.15, 0.2) is 36.7 Å². The highest BCUT2D eigenvalue weighted by Crippen LogP contribution is 2.22. The third kappa shape index (κ3) is 5.84. The van der Waals surface area contributed by atoms with E-state index in [-0.39, 0.29) is 5.91 Å². The van der Waals surface area contributed by atoms with E-state index in [0.29, 0.717) is 12.6 Å². The van der Waals surface area contributed by atoms with Crippen LogP contribution in [0.5, 0.6) is 0 Å². The lowest BCUT2D eigenvalue weighted by Crippen LogP contribution is -2.48. The van der Waals surface area contributed by atoms with Crippen LogP contribution in [0.3, 0.4) is 0 Å². The van der Waals surface area contributed by atoms with Crippen molar-refractivity contribution in [2.24, 2.45) is 0 Å². The summed E-state index contributed by atoms with van der Waals surface area (Å²) in [6.07, 6.45) is 5.71. The Hall–Kier alpha value is -2.31. The van der Waals surface area contributed by atoms with E-state index in [9.17, 15) is 4.79 Å². The minimum atomic E-state index is 0.223. The number of rotatable bonds is 7. The van der Waals surface area contributed by atoms with E-state index in [0.717, 1.165) is 50.4 Å². The molecule has 1 aliphatic rings. The minimum Gasteiger partial charge on any atom is -0.341 e. The van der Waals surface area contributed by atoms with Crippen LogP contribution in [0.1, 0.15) is 35.4 Å². The highest BCUT2D eigenvalue weighted by atomic mass is 16.2. The van der Waals surface area contributed by atoms with Crippen LogP contribution in [0, 0.1) is 13.8 Å². The van der Waals surface area contributed by atoms with Gasteiger partial charge < -0.3 is 9.80 Å². The number of nitrogens with zero attached hydrogens (tertiary/aromatic N) is 5. The van der Waals surface area contributed by atoms with E-state index in [1.54, 1.807) is 0 Å². The molecule has 0 aliphatic carbocycles. The van der Waals surface area contributed by atoms with E-state index < -0.39 is 0 Å². The Balaban J connectivity index is 1.72. The summed E-state index contributed by atoms with van der Waals surface area (Å²) in [5, 5.41) is 0. The van der Waals surface area contributed by atoms with Crippen molar-refractivity contribution in [1.82, 2.24) is 24.7 Å². The van der Waals surface area contributed by atoms with Crippen molar-refractivity contribution < 1.29 is 4.79 Å². The van der Waals surface area contributed by atoms with Gasteiger partial charge in [0.25, 0.3) is 0 Å². The van der Waals surface area contributed by atoms with Crippen LogP contribution in [-0.4, -0.2) is 70.3 Å². The van der Waals surface area contributed by atoms with Crippen molar-refractivity contribution in [2.75, 3.05) is 33.7 Å². The zero-order valence-electron chi connectivity index (χ0n) is 18.1. The highest BCUT2D eigenvalue weighted by Gasteiger charge is 2.28. The van der Waals surface area contributed by atoms with Gasteiger partial charge in [0.1, 0.15) is 0 Å². The number of likely N-dealkylation sites (N-methyl/N-ethyl adjacent to an activating group) is 1. The van der Waals surface area contributed by atoms with Gasteiger partial charge in [-0.25, -0.2) is 0 Å². The molecule has 156 valence electrons. The molecule has 0 aromatic carbocycles. The molecular weight excluding hydrogens is 362 g/mol. The van der Waals surface area contributed by atoms with E-state index in [4.69, 9.17) is 0 Å². The topological polar surface area (TPSA) is 52.6 Å². The zero-order valence-corrected chi connectivity index (χ0v) is 18.1. The Labute approximate surface area is 174 Å². The maximum Gasteiger partial charge on any atom is 0.236 e. The lowest BCUT2D eigenvalue weighted by molar-refractivity contribution is -0.133. The number of hydrogen-bond acceptors (Lipinski definition) is 5. The molecule has 0 bridgehead atoms. The largest absolute Gasteiger partial charge is 0.341 e. The predicted molar refractivity (Wildman–Crippen MR) is 115 cm³/mol. The van der Waals surface area contributed by atoms with Crippen molar-refractivity contribution in [3.05, 3.63) is 59.2 Å². The lowest BCUT2D eigenvalue weighted by Gasteiger charge is -2.39. The maximum atomic E-state index is 12.4. The number of aryl methyl sites for hydroxylation is 2. The SMILES string of the molecule is Cc1cccnc1CN(Cc1ncccc1C)C1CCN(C(=O)CN(C)C)CC1. The lowest BCUT2D eigenvalue weighted by atomic mass is 10.0. The summed E-state index contributed by atoms with van der Waals surface area (Å²) in [6, 6.07) is 8.63. The summed E-state index contributed by atoms with van der Waals surface area (Å²) in [7, 11) is 3.88. The molecule has 29 heavy (non-hydrogen) atoms. The van der Waals surface area contributed by atoms with Gasteiger partial charge in [-0.1, -0.05) is 12.1 Å². The van der Waals surface area contributed by atoms with Gasteiger partial charge in [0.15, 0.2) is 0 Å². The average molecular weight is 396 g/mol. The Morgan fingerprint density at radius 1 is 1.00 bits per heavy atom. The number of hydrogen-bond donors (Lipinski definition) is 0. The molecule has 0 N–H and O–H groups in total. The number of carbonyl (C=O) groups is 1. The van der Waals surface area contributed by atoms with Gasteiger partial charge in [-0.15, -0.1) is 0 Å². The van der Waals surface area contributed by atoms with Crippen molar-refractivity contribution in [2.45, 2.75) is 45.8 Å². The van der Waals surface area contributed by atoms with E-state index in [2.05, 4.69) is 40.8 Å². The Bertz CT molecular complexity index is 767. The van der Waals surface area contributed by atoms with Gasteiger partial charge in [-0.05, 0) is 64.0 Å². The summed E-state index contributed by atoms with van der Waals surface area (Å²) in [4.78, 5) is 28.1. The van der Waals surface area contributed by atoms with Crippen molar-refractivity contribution in [1.29, 1.82) is 0 Å². The molecule has 6 heteroatoms. The van der Waals surface area contributed by atoms with Crippen LogP contribution in [0.25, 0.3) is 0 Å². The van der Waals surface area contributed by atoms with Crippen LogP contribution in [-0.2, 0) is 17.9 Å². The molecule has 1 fully saturated rings. The summed E-state index contributed by atoms with van der Waals surface area (Å²) < 4.78 is 0. The molecule has 1 saturated heterocycles. The highest BCUT2D eigenvalue weighted by molar-refractivity contribution is 5.78. The average Bonchev–Trinajstić information content (AvgIpc) is 2.70. The molecular formula is C23H33N5O. The molecule has 1 aliphatic heterocycles. The molecule has 0 unspecified atom stereocenters. The predicted octanol–water partition coefficient (Wildman–Crippen LogP) is 2.65. The Morgan fingerprint density at radius 3 is 1.97 bits per heavy atom. The maximum absolute atomic E-state index is 12.4. The normalized spacial score (nSPS) is 15.3. The molecule has 1 amide bonds. The summed E-state index contributed by atoms with van der Waals surface area (Å²) in [6.45, 7) is 7.96. The molecule has 6 nitrogen and oxygen atoms in total. The molecule has 0 saturated carbocycles. The van der Waals surface area contributed by atoms with Gasteiger partial charge in [0.2, 0.25) is 5.91 Å². The second-order valence-electron chi connectivity index (χ2n) is 8.29. The Kier molecular flexibility index (Phi) is 7.34. The van der Waals surface area contributed by atoms with E-state index in [1.165, 1.54) is 11.1 Å². The Morgan fingerprint density at radius 2 is 1.52 bits per heavy atom. The number of pyridine rings is 2. The standard InChI is InChI=1S/C23H33N5O/c1-18-7-5-11-24-21(18)15-28(16-22-19(2)8-6-12-25-22)20-9-13-27(14-10-20)23(29)17-26(3)4/h5-8,11-12,20H,9-10,13-17H2,1-4H3. The van der Waals surface area contributed by atoms with Crippen LogP contribution < -0.4 is 0 Å². The molecule has 2 aromatic heterocycles. The third-order valence-electron chi connectivity index (χ3n) is 5.73. The molecule has 0 atom stereocenters. The number of amides is 1. The third-order valence-corrected chi connectivity index (χ3v) is 5.73. The summed E-state index contributed by atoms with van der Waals surface area (Å²) in [5.41, 5.74) is 4.67. The molecule has 2 aromatic rings. The van der Waals surface area contributed by atoms with Gasteiger partial charge in [-0.3, -0.25) is 19.7 Å². The van der Waals surface area contributed by atoms with Crippen LogP contribution in [0.2, 0.25) is 0 Å². The second kappa shape index (κ2) is 9.94.